The summed E-state index contributed by atoms with van der Waals surface area (Å²) in [6.45, 7) is 0.867. The normalized spacial score (nSPS) is 15.4. The van der Waals surface area contributed by atoms with Crippen molar-refractivity contribution in [3.05, 3.63) is 89.5 Å². The van der Waals surface area contributed by atoms with E-state index in [9.17, 15) is 23.1 Å². The number of likely N-dealkylation sites (N-methyl/N-ethyl adjacent to an activating group) is 1. The van der Waals surface area contributed by atoms with Crippen molar-refractivity contribution in [2.45, 2.75) is 5.92 Å². The highest BCUT2D eigenvalue weighted by molar-refractivity contribution is 7.92. The molecule has 0 aromatic heterocycles. The SMILES string of the molecule is CN(C)CCN(c1ccc(N=C(c2ccccc2)C2C(=O)Nc3cc(C(=O)O)ccc32)cc1)S(C)(=O)=O. The lowest BCUT2D eigenvalue weighted by Gasteiger charge is -2.24. The van der Waals surface area contributed by atoms with Crippen molar-refractivity contribution in [3.63, 3.8) is 0 Å². The quantitative estimate of drug-likeness (QED) is 0.417. The fourth-order valence-corrected chi connectivity index (χ4v) is 5.10. The molecule has 10 heteroatoms. The van der Waals surface area contributed by atoms with E-state index in [2.05, 4.69) is 5.32 Å². The maximum atomic E-state index is 13.1. The van der Waals surface area contributed by atoms with E-state index in [0.717, 1.165) is 5.56 Å². The first-order valence-electron chi connectivity index (χ1n) is 11.6. The second kappa shape index (κ2) is 10.5. The molecule has 192 valence electrons. The van der Waals surface area contributed by atoms with E-state index in [-0.39, 0.29) is 11.5 Å². The first-order valence-corrected chi connectivity index (χ1v) is 13.4. The summed E-state index contributed by atoms with van der Waals surface area (Å²) >= 11 is 0. The second-order valence-electron chi connectivity index (χ2n) is 9.05. The molecule has 3 aromatic carbocycles. The number of nitrogens with one attached hydrogen (secondary N) is 1. The van der Waals surface area contributed by atoms with Crippen LogP contribution >= 0.6 is 0 Å². The lowest BCUT2D eigenvalue weighted by atomic mass is 9.90. The lowest BCUT2D eigenvalue weighted by molar-refractivity contribution is -0.115. The zero-order valence-electron chi connectivity index (χ0n) is 20.7. The van der Waals surface area contributed by atoms with Crippen LogP contribution in [0.1, 0.15) is 27.4 Å². The van der Waals surface area contributed by atoms with Gasteiger partial charge >= 0.3 is 5.97 Å². The number of benzene rings is 3. The number of aromatic carboxylic acids is 1. The van der Waals surface area contributed by atoms with Crippen LogP contribution in [0.25, 0.3) is 0 Å². The number of anilines is 2. The van der Waals surface area contributed by atoms with Crippen LogP contribution in [-0.4, -0.2) is 69.5 Å². The molecule has 1 aliphatic rings. The Balaban J connectivity index is 1.74. The Hall–Kier alpha value is -4.02. The maximum Gasteiger partial charge on any atom is 0.335 e. The Morgan fingerprint density at radius 3 is 2.24 bits per heavy atom. The Kier molecular flexibility index (Phi) is 7.42. The van der Waals surface area contributed by atoms with E-state index >= 15 is 0 Å². The van der Waals surface area contributed by atoms with Crippen LogP contribution in [0.3, 0.4) is 0 Å². The Bertz CT molecular complexity index is 1450. The highest BCUT2D eigenvalue weighted by Gasteiger charge is 2.36. The van der Waals surface area contributed by atoms with Gasteiger partial charge in [0.2, 0.25) is 15.9 Å². The number of hydrogen-bond acceptors (Lipinski definition) is 6. The summed E-state index contributed by atoms with van der Waals surface area (Å²) in [4.78, 5) is 31.2. The van der Waals surface area contributed by atoms with Crippen molar-refractivity contribution in [2.75, 3.05) is 43.1 Å². The van der Waals surface area contributed by atoms with Gasteiger partial charge in [-0.1, -0.05) is 36.4 Å². The Labute approximate surface area is 216 Å². The van der Waals surface area contributed by atoms with E-state index < -0.39 is 21.9 Å². The van der Waals surface area contributed by atoms with Gasteiger partial charge in [-0.05, 0) is 61.6 Å². The van der Waals surface area contributed by atoms with E-state index in [4.69, 9.17) is 4.99 Å². The van der Waals surface area contributed by atoms with Gasteiger partial charge in [-0.25, -0.2) is 13.2 Å². The van der Waals surface area contributed by atoms with Crippen LogP contribution in [0, 0.1) is 0 Å². The fourth-order valence-electron chi connectivity index (χ4n) is 4.18. The molecule has 1 aliphatic heterocycles. The minimum absolute atomic E-state index is 0.0817. The van der Waals surface area contributed by atoms with Crippen LogP contribution in [-0.2, 0) is 14.8 Å². The summed E-state index contributed by atoms with van der Waals surface area (Å²) < 4.78 is 26.1. The molecule has 0 spiro atoms. The van der Waals surface area contributed by atoms with Gasteiger partial charge in [0.1, 0.15) is 5.92 Å². The summed E-state index contributed by atoms with van der Waals surface area (Å²) in [6, 6.07) is 20.7. The van der Waals surface area contributed by atoms with Crippen LogP contribution in [0.5, 0.6) is 0 Å². The van der Waals surface area contributed by atoms with E-state index in [1.54, 1.807) is 30.3 Å². The fraction of sp³-hybridized carbons (Fsp3) is 0.222. The topological polar surface area (TPSA) is 119 Å². The van der Waals surface area contributed by atoms with E-state index in [1.807, 2.05) is 49.3 Å². The van der Waals surface area contributed by atoms with Gasteiger partial charge in [-0.15, -0.1) is 0 Å². The molecule has 1 unspecified atom stereocenters. The predicted molar refractivity (Wildman–Crippen MR) is 145 cm³/mol. The minimum Gasteiger partial charge on any atom is -0.478 e. The van der Waals surface area contributed by atoms with Gasteiger partial charge in [-0.2, -0.15) is 0 Å². The number of sulfonamides is 1. The second-order valence-corrected chi connectivity index (χ2v) is 11.0. The molecule has 1 amide bonds. The summed E-state index contributed by atoms with van der Waals surface area (Å²) in [7, 11) is 0.276. The lowest BCUT2D eigenvalue weighted by Crippen LogP contribution is -2.35. The molecule has 1 atom stereocenters. The van der Waals surface area contributed by atoms with Gasteiger partial charge in [0.15, 0.2) is 0 Å². The molecule has 9 nitrogen and oxygen atoms in total. The van der Waals surface area contributed by atoms with Gasteiger partial charge in [-0.3, -0.25) is 14.1 Å². The highest BCUT2D eigenvalue weighted by Crippen LogP contribution is 2.37. The molecule has 2 N–H and O–H groups in total. The third kappa shape index (κ3) is 5.87. The molecule has 0 radical (unpaired) electrons. The first-order chi connectivity index (χ1) is 17.5. The average Bonchev–Trinajstić information content (AvgIpc) is 3.17. The zero-order valence-corrected chi connectivity index (χ0v) is 21.6. The van der Waals surface area contributed by atoms with Gasteiger partial charge in [0.05, 0.1) is 28.9 Å². The standard InChI is InChI=1S/C27H28N4O5S/c1-30(2)15-16-31(37(3,35)36)21-12-10-20(11-13-21)28-25(18-7-5-4-6-8-18)24-22-14-9-19(27(33)34)17-23(22)29-26(24)32/h4-14,17,24H,15-16H2,1-3H3,(H,29,32)(H,33,34). The summed E-state index contributed by atoms with van der Waals surface area (Å²) in [5, 5.41) is 12.1. The van der Waals surface area contributed by atoms with Crippen molar-refractivity contribution >= 4 is 44.7 Å². The summed E-state index contributed by atoms with van der Waals surface area (Å²) in [6.07, 6.45) is 1.17. The van der Waals surface area contributed by atoms with Crippen molar-refractivity contribution in [2.24, 2.45) is 4.99 Å². The third-order valence-electron chi connectivity index (χ3n) is 6.01. The average molecular weight is 521 g/mol. The van der Waals surface area contributed by atoms with Gasteiger partial charge in [0, 0.05) is 18.8 Å². The molecule has 0 aliphatic carbocycles. The van der Waals surface area contributed by atoms with Crippen LogP contribution in [0.4, 0.5) is 17.1 Å². The maximum absolute atomic E-state index is 13.1. The number of carbonyl (C=O) groups is 2. The van der Waals surface area contributed by atoms with E-state index in [0.29, 0.717) is 41.4 Å². The number of fused-ring (bicyclic) bond motifs is 1. The number of carboxylic acids is 1. The Morgan fingerprint density at radius 1 is 0.973 bits per heavy atom. The van der Waals surface area contributed by atoms with Crippen molar-refractivity contribution in [3.8, 4) is 0 Å². The van der Waals surface area contributed by atoms with E-state index in [1.165, 1.54) is 22.7 Å². The van der Waals surface area contributed by atoms with Crippen LogP contribution in [0.2, 0.25) is 0 Å². The number of rotatable bonds is 9. The molecule has 0 saturated carbocycles. The number of aliphatic imine (C=N–C) groups is 1. The van der Waals surface area contributed by atoms with Gasteiger partial charge < -0.3 is 15.3 Å². The monoisotopic (exact) mass is 520 g/mol. The van der Waals surface area contributed by atoms with Crippen LogP contribution < -0.4 is 9.62 Å². The number of carboxylic acid groups (broad SMARTS) is 1. The largest absolute Gasteiger partial charge is 0.478 e. The third-order valence-corrected chi connectivity index (χ3v) is 7.21. The predicted octanol–water partition coefficient (Wildman–Crippen LogP) is 3.57. The first kappa shape index (κ1) is 26.1. The van der Waals surface area contributed by atoms with Crippen LogP contribution in [0.15, 0.2) is 77.8 Å². The number of amides is 1. The smallest absolute Gasteiger partial charge is 0.335 e. The molecular weight excluding hydrogens is 492 g/mol. The molecule has 0 bridgehead atoms. The number of hydrogen-bond donors (Lipinski definition) is 2. The molecule has 4 rings (SSSR count). The molecule has 3 aromatic rings. The number of nitrogens with zero attached hydrogens (tertiary/aromatic N) is 3. The van der Waals surface area contributed by atoms with Crippen molar-refractivity contribution < 1.29 is 23.1 Å². The Morgan fingerprint density at radius 2 is 1.65 bits per heavy atom. The van der Waals surface area contributed by atoms with Crippen molar-refractivity contribution in [1.82, 2.24) is 4.90 Å². The number of carbonyl (C=O) groups excluding carboxylic acids is 1. The molecule has 37 heavy (non-hydrogen) atoms. The molecule has 1 heterocycles. The molecule has 0 saturated heterocycles. The molecular formula is C27H28N4O5S. The zero-order chi connectivity index (χ0) is 26.7. The summed E-state index contributed by atoms with van der Waals surface area (Å²) in [5.74, 6) is -2.12. The van der Waals surface area contributed by atoms with Gasteiger partial charge in [0.25, 0.3) is 0 Å². The highest BCUT2D eigenvalue weighted by atomic mass is 32.2. The van der Waals surface area contributed by atoms with Crippen molar-refractivity contribution in [1.29, 1.82) is 0 Å². The summed E-state index contributed by atoms with van der Waals surface area (Å²) in [5.41, 5.74) is 3.48. The minimum atomic E-state index is -3.48. The molecule has 0 fully saturated rings.